The molecule has 1 aromatic heterocycles. The number of esters is 2. The van der Waals surface area contributed by atoms with Gasteiger partial charge in [0, 0.05) is 19.9 Å². The van der Waals surface area contributed by atoms with Gasteiger partial charge in [-0.15, -0.1) is 5.10 Å². The van der Waals surface area contributed by atoms with E-state index in [2.05, 4.69) is 15.5 Å². The molecule has 2 rings (SSSR count). The van der Waals surface area contributed by atoms with Gasteiger partial charge in [0.05, 0.1) is 24.0 Å². The van der Waals surface area contributed by atoms with Gasteiger partial charge in [-0.1, -0.05) is 0 Å². The Bertz CT molecular complexity index is 1070. The number of nitrogens with one attached hydrogen (secondary N) is 1. The van der Waals surface area contributed by atoms with Crippen molar-refractivity contribution >= 4 is 29.2 Å². The molecule has 0 radical (unpaired) electrons. The van der Waals surface area contributed by atoms with Gasteiger partial charge >= 0.3 is 11.9 Å². The highest BCUT2D eigenvalue weighted by Gasteiger charge is 2.23. The van der Waals surface area contributed by atoms with Crippen molar-refractivity contribution < 1.29 is 33.0 Å². The fourth-order valence-corrected chi connectivity index (χ4v) is 2.42. The molecule has 0 fully saturated rings. The molecule has 0 bridgehead atoms. The average molecular weight is 437 g/mol. The summed E-state index contributed by atoms with van der Waals surface area (Å²) < 4.78 is 28.7. The van der Waals surface area contributed by atoms with E-state index in [0.717, 1.165) is 25.1 Å². The Kier molecular flexibility index (Phi) is 6.97. The summed E-state index contributed by atoms with van der Waals surface area (Å²) >= 11 is 0. The van der Waals surface area contributed by atoms with Gasteiger partial charge in [-0.05, 0) is 12.1 Å². The lowest BCUT2D eigenvalue weighted by Gasteiger charge is -2.16. The minimum Gasteiger partial charge on any atom is -0.494 e. The number of nitrogens with zero attached hydrogens (tertiary/aromatic N) is 3. The number of hydrogen-bond donors (Lipinski definition) is 4. The van der Waals surface area contributed by atoms with Gasteiger partial charge in [-0.2, -0.15) is 9.89 Å². The Morgan fingerprint density at radius 1 is 1.26 bits per heavy atom. The summed E-state index contributed by atoms with van der Waals surface area (Å²) in [6, 6.07) is 2.99. The number of aromatic nitrogens is 2. The molecule has 1 unspecified atom stereocenters. The van der Waals surface area contributed by atoms with Crippen LogP contribution >= 0.6 is 0 Å². The van der Waals surface area contributed by atoms with E-state index in [4.69, 9.17) is 31.6 Å². The normalized spacial score (nSPS) is 12.1. The standard InChI is InChI=1S/C17H20FN7O6/c1-7(26)30-8(2)31-17(28)9-4-10(18)14(29-3)6-12(9)22-16(27)13-5-11(19)15(23-20)25(21)24-13/h4-6,8H,19-21H2,1-3H3,(H,22,27)/b23-15-. The van der Waals surface area contributed by atoms with Gasteiger partial charge < -0.3 is 36.9 Å². The van der Waals surface area contributed by atoms with Crippen molar-refractivity contribution in [3.8, 4) is 5.75 Å². The van der Waals surface area contributed by atoms with Gasteiger partial charge in [0.1, 0.15) is 0 Å². The number of nitrogens with two attached hydrogens (primary N) is 3. The molecular formula is C17H20FN7O6. The van der Waals surface area contributed by atoms with Crippen molar-refractivity contribution in [3.05, 3.63) is 40.8 Å². The van der Waals surface area contributed by atoms with Crippen molar-refractivity contribution in [2.24, 2.45) is 10.9 Å². The minimum atomic E-state index is -1.26. The third-order valence-corrected chi connectivity index (χ3v) is 3.70. The topological polar surface area (TPSA) is 199 Å². The molecule has 13 nitrogen and oxygen atoms in total. The highest BCUT2D eigenvalue weighted by atomic mass is 19.1. The maximum Gasteiger partial charge on any atom is 0.343 e. The number of methoxy groups -OCH3 is 1. The number of benzene rings is 1. The van der Waals surface area contributed by atoms with Crippen LogP contribution in [0.1, 0.15) is 34.7 Å². The van der Waals surface area contributed by atoms with Crippen LogP contribution in [0.4, 0.5) is 15.8 Å². The van der Waals surface area contributed by atoms with Crippen LogP contribution in [0, 0.1) is 5.82 Å². The molecule has 166 valence electrons. The fourth-order valence-electron chi connectivity index (χ4n) is 2.42. The molecule has 0 aliphatic heterocycles. The molecule has 7 N–H and O–H groups in total. The van der Waals surface area contributed by atoms with E-state index in [1.807, 2.05) is 0 Å². The molecule has 2 aromatic rings. The van der Waals surface area contributed by atoms with E-state index in [1.165, 1.54) is 14.0 Å². The van der Waals surface area contributed by atoms with Crippen LogP contribution in [0.3, 0.4) is 0 Å². The average Bonchev–Trinajstić information content (AvgIpc) is 2.67. The summed E-state index contributed by atoms with van der Waals surface area (Å²) in [7, 11) is 1.19. The number of anilines is 2. The summed E-state index contributed by atoms with van der Waals surface area (Å²) in [5, 5.41) is 9.47. The smallest absolute Gasteiger partial charge is 0.343 e. The Balaban J connectivity index is 2.42. The van der Waals surface area contributed by atoms with Crippen LogP contribution in [-0.2, 0) is 14.3 Å². The second-order valence-corrected chi connectivity index (χ2v) is 5.95. The SMILES string of the molecule is COc1cc(NC(=O)c2cc(N)/c(=N/N)n(N)n2)c(C(=O)OC(C)OC(C)=O)cc1F. The second kappa shape index (κ2) is 9.43. The van der Waals surface area contributed by atoms with E-state index < -0.39 is 30.0 Å². The molecule has 0 aliphatic carbocycles. The summed E-state index contributed by atoms with van der Waals surface area (Å²) in [6.07, 6.45) is -1.26. The summed E-state index contributed by atoms with van der Waals surface area (Å²) in [5.74, 6) is 6.94. The molecule has 0 aliphatic rings. The molecule has 0 spiro atoms. The van der Waals surface area contributed by atoms with E-state index >= 15 is 0 Å². The number of amides is 1. The van der Waals surface area contributed by atoms with Gasteiger partial charge in [0.15, 0.2) is 17.3 Å². The van der Waals surface area contributed by atoms with Gasteiger partial charge in [0.25, 0.3) is 5.91 Å². The number of carbonyl (C=O) groups excluding carboxylic acids is 3. The molecule has 14 heteroatoms. The zero-order valence-electron chi connectivity index (χ0n) is 16.7. The molecule has 1 atom stereocenters. The Morgan fingerprint density at radius 3 is 2.48 bits per heavy atom. The molecule has 0 saturated carbocycles. The first-order valence-corrected chi connectivity index (χ1v) is 8.53. The number of ether oxygens (including phenoxy) is 3. The van der Waals surface area contributed by atoms with Gasteiger partial charge in [0.2, 0.25) is 11.8 Å². The van der Waals surface area contributed by atoms with Crippen LogP contribution in [-0.4, -0.2) is 41.1 Å². The maximum absolute atomic E-state index is 14.2. The van der Waals surface area contributed by atoms with Crippen molar-refractivity contribution in [2.45, 2.75) is 20.1 Å². The van der Waals surface area contributed by atoms with Crippen molar-refractivity contribution in [1.82, 2.24) is 9.89 Å². The molecule has 0 saturated heterocycles. The molecule has 1 amide bonds. The van der Waals surface area contributed by atoms with Crippen LogP contribution in [0.25, 0.3) is 0 Å². The zero-order valence-corrected chi connectivity index (χ0v) is 16.7. The first-order chi connectivity index (χ1) is 14.6. The lowest BCUT2D eigenvalue weighted by atomic mass is 10.1. The number of nitrogen functional groups attached to an aromatic ring is 2. The molecule has 1 aromatic carbocycles. The lowest BCUT2D eigenvalue weighted by molar-refractivity contribution is -0.162. The predicted octanol–water partition coefficient (Wildman–Crippen LogP) is -0.581. The third-order valence-electron chi connectivity index (χ3n) is 3.70. The quantitative estimate of drug-likeness (QED) is 0.196. The van der Waals surface area contributed by atoms with Gasteiger partial charge in [-0.3, -0.25) is 9.59 Å². The maximum atomic E-state index is 14.2. The summed E-state index contributed by atoms with van der Waals surface area (Å²) in [5.41, 5.74) is 4.77. The number of hydrogen-bond acceptors (Lipinski definition) is 11. The molecular weight excluding hydrogens is 417 g/mol. The Hall–Kier alpha value is -4.36. The minimum absolute atomic E-state index is 0.0447. The summed E-state index contributed by atoms with van der Waals surface area (Å²) in [6.45, 7) is 2.41. The largest absolute Gasteiger partial charge is 0.494 e. The number of carbonyl (C=O) groups is 3. The van der Waals surface area contributed by atoms with Crippen LogP contribution in [0.2, 0.25) is 0 Å². The van der Waals surface area contributed by atoms with E-state index in [-0.39, 0.29) is 33.9 Å². The highest BCUT2D eigenvalue weighted by Crippen LogP contribution is 2.27. The summed E-state index contributed by atoms with van der Waals surface area (Å²) in [4.78, 5) is 36.8. The first kappa shape index (κ1) is 22.9. The fraction of sp³-hybridized carbons (Fsp3) is 0.235. The Labute approximate surface area is 174 Å². The van der Waals surface area contributed by atoms with Gasteiger partial charge in [-0.25, -0.2) is 9.18 Å². The van der Waals surface area contributed by atoms with E-state index in [1.54, 1.807) is 0 Å². The number of rotatable bonds is 6. The van der Waals surface area contributed by atoms with Crippen LogP contribution in [0.15, 0.2) is 23.3 Å². The van der Waals surface area contributed by atoms with Crippen molar-refractivity contribution in [3.63, 3.8) is 0 Å². The monoisotopic (exact) mass is 437 g/mol. The lowest BCUT2D eigenvalue weighted by Crippen LogP contribution is -2.35. The third kappa shape index (κ3) is 5.37. The van der Waals surface area contributed by atoms with Crippen molar-refractivity contribution in [1.29, 1.82) is 0 Å². The van der Waals surface area contributed by atoms with E-state index in [9.17, 15) is 18.8 Å². The molecule has 1 heterocycles. The Morgan fingerprint density at radius 2 is 1.94 bits per heavy atom. The number of halogens is 1. The molecule has 31 heavy (non-hydrogen) atoms. The van der Waals surface area contributed by atoms with E-state index in [0.29, 0.717) is 4.79 Å². The van der Waals surface area contributed by atoms with Crippen LogP contribution < -0.4 is 33.0 Å². The van der Waals surface area contributed by atoms with Crippen LogP contribution in [0.5, 0.6) is 5.75 Å². The van der Waals surface area contributed by atoms with Crippen molar-refractivity contribution in [2.75, 3.05) is 24.0 Å². The second-order valence-electron chi connectivity index (χ2n) is 5.95. The zero-order chi connectivity index (χ0) is 23.3. The first-order valence-electron chi connectivity index (χ1n) is 8.53. The highest BCUT2D eigenvalue weighted by molar-refractivity contribution is 6.07. The predicted molar refractivity (Wildman–Crippen MR) is 104 cm³/mol.